The predicted molar refractivity (Wildman–Crippen MR) is 115 cm³/mol. The Morgan fingerprint density at radius 2 is 1.87 bits per heavy atom. The number of hydrogen-bond acceptors (Lipinski definition) is 6. The number of aromatic nitrogens is 2. The average molecular weight is 428 g/mol. The lowest BCUT2D eigenvalue weighted by Crippen LogP contribution is -2.38. The molecule has 0 bridgehead atoms. The van der Waals surface area contributed by atoms with Crippen LogP contribution in [0.4, 0.5) is 0 Å². The van der Waals surface area contributed by atoms with Crippen LogP contribution in [0.3, 0.4) is 0 Å². The molecule has 0 aliphatic heterocycles. The van der Waals surface area contributed by atoms with Crippen LogP contribution in [-0.2, 0) is 13.1 Å². The van der Waals surface area contributed by atoms with Crippen molar-refractivity contribution in [2.75, 3.05) is 7.11 Å². The Morgan fingerprint density at radius 1 is 1.07 bits per heavy atom. The SMILES string of the molecule is COc1cccc(CN(Cc2nnc(-c3cccc(Cl)c3)o2)C2CCC(O)CC2)c1. The molecule has 0 amide bonds. The van der Waals surface area contributed by atoms with E-state index < -0.39 is 0 Å². The van der Waals surface area contributed by atoms with Gasteiger partial charge in [0.15, 0.2) is 0 Å². The number of aliphatic hydroxyl groups is 1. The second-order valence-corrected chi connectivity index (χ2v) is 8.17. The maximum Gasteiger partial charge on any atom is 0.247 e. The minimum atomic E-state index is -0.197. The first-order chi connectivity index (χ1) is 14.6. The van der Waals surface area contributed by atoms with E-state index in [1.165, 1.54) is 0 Å². The summed E-state index contributed by atoms with van der Waals surface area (Å²) < 4.78 is 11.3. The number of halogens is 1. The zero-order chi connectivity index (χ0) is 20.9. The molecule has 1 heterocycles. The molecule has 2 aromatic carbocycles. The summed E-state index contributed by atoms with van der Waals surface area (Å²) in [5.74, 6) is 1.87. The van der Waals surface area contributed by atoms with Gasteiger partial charge in [-0.15, -0.1) is 10.2 Å². The van der Waals surface area contributed by atoms with Gasteiger partial charge in [0.05, 0.1) is 19.8 Å². The minimum absolute atomic E-state index is 0.197. The van der Waals surface area contributed by atoms with E-state index in [0.29, 0.717) is 29.4 Å². The molecule has 1 saturated carbocycles. The number of benzene rings is 2. The largest absolute Gasteiger partial charge is 0.497 e. The van der Waals surface area contributed by atoms with Crippen molar-refractivity contribution in [1.29, 1.82) is 0 Å². The van der Waals surface area contributed by atoms with Crippen molar-refractivity contribution in [3.8, 4) is 17.2 Å². The summed E-state index contributed by atoms with van der Waals surface area (Å²) >= 11 is 6.09. The maximum absolute atomic E-state index is 9.92. The first-order valence-electron chi connectivity index (χ1n) is 10.2. The Morgan fingerprint density at radius 3 is 2.63 bits per heavy atom. The number of hydrogen-bond donors (Lipinski definition) is 1. The van der Waals surface area contributed by atoms with Crippen molar-refractivity contribution >= 4 is 11.6 Å². The fourth-order valence-corrected chi connectivity index (χ4v) is 4.16. The highest BCUT2D eigenvalue weighted by atomic mass is 35.5. The summed E-state index contributed by atoms with van der Waals surface area (Å²) in [5, 5.41) is 19.0. The van der Waals surface area contributed by atoms with Gasteiger partial charge in [-0.1, -0.05) is 29.8 Å². The molecule has 3 aromatic rings. The maximum atomic E-state index is 9.92. The molecule has 0 radical (unpaired) electrons. The van der Waals surface area contributed by atoms with Crippen molar-refractivity contribution in [1.82, 2.24) is 15.1 Å². The van der Waals surface area contributed by atoms with E-state index in [2.05, 4.69) is 27.2 Å². The van der Waals surface area contributed by atoms with Crippen LogP contribution in [-0.4, -0.2) is 39.5 Å². The fraction of sp³-hybridized carbons (Fsp3) is 0.391. The Bertz CT molecular complexity index is 970. The quantitative estimate of drug-likeness (QED) is 0.589. The minimum Gasteiger partial charge on any atom is -0.497 e. The van der Waals surface area contributed by atoms with Crippen LogP contribution in [0.25, 0.3) is 11.5 Å². The zero-order valence-corrected chi connectivity index (χ0v) is 17.8. The molecule has 1 aliphatic carbocycles. The lowest BCUT2D eigenvalue weighted by molar-refractivity contribution is 0.0625. The Labute approximate surface area is 181 Å². The molecule has 1 N–H and O–H groups in total. The predicted octanol–water partition coefficient (Wildman–Crippen LogP) is 4.70. The summed E-state index contributed by atoms with van der Waals surface area (Å²) in [6, 6.07) is 15.8. The molecule has 1 aromatic heterocycles. The highest BCUT2D eigenvalue weighted by Gasteiger charge is 2.26. The van der Waals surface area contributed by atoms with E-state index in [1.807, 2.05) is 36.4 Å². The van der Waals surface area contributed by atoms with Crippen molar-refractivity contribution in [2.24, 2.45) is 0 Å². The number of nitrogens with zero attached hydrogens (tertiary/aromatic N) is 3. The molecule has 158 valence electrons. The van der Waals surface area contributed by atoms with Crippen molar-refractivity contribution in [3.63, 3.8) is 0 Å². The molecular weight excluding hydrogens is 402 g/mol. The van der Waals surface area contributed by atoms with E-state index >= 15 is 0 Å². The first-order valence-corrected chi connectivity index (χ1v) is 10.6. The van der Waals surface area contributed by atoms with Gasteiger partial charge in [-0.05, 0) is 61.6 Å². The zero-order valence-electron chi connectivity index (χ0n) is 17.0. The Hall–Kier alpha value is -2.41. The number of ether oxygens (including phenoxy) is 1. The lowest BCUT2D eigenvalue weighted by Gasteiger charge is -2.35. The Balaban J connectivity index is 1.53. The molecular formula is C23H26ClN3O3. The number of methoxy groups -OCH3 is 1. The van der Waals surface area contributed by atoms with Gasteiger partial charge in [0.2, 0.25) is 11.8 Å². The molecule has 7 heteroatoms. The highest BCUT2D eigenvalue weighted by molar-refractivity contribution is 6.30. The van der Waals surface area contributed by atoms with Gasteiger partial charge < -0.3 is 14.3 Å². The highest BCUT2D eigenvalue weighted by Crippen LogP contribution is 2.28. The average Bonchev–Trinajstić information content (AvgIpc) is 3.23. The van der Waals surface area contributed by atoms with Gasteiger partial charge in [0.25, 0.3) is 0 Å². The first kappa shape index (κ1) is 20.8. The molecule has 1 aliphatic rings. The third kappa shape index (κ3) is 5.19. The molecule has 0 unspecified atom stereocenters. The van der Waals surface area contributed by atoms with Crippen molar-refractivity contribution in [3.05, 3.63) is 65.0 Å². The van der Waals surface area contributed by atoms with Gasteiger partial charge in [-0.25, -0.2) is 0 Å². The Kier molecular flexibility index (Phi) is 6.67. The number of aliphatic hydroxyl groups excluding tert-OH is 1. The summed E-state index contributed by atoms with van der Waals surface area (Å²) in [4.78, 5) is 2.36. The van der Waals surface area contributed by atoms with Gasteiger partial charge >= 0.3 is 0 Å². The van der Waals surface area contributed by atoms with Gasteiger partial charge in [-0.2, -0.15) is 0 Å². The van der Waals surface area contributed by atoms with Crippen molar-refractivity contribution in [2.45, 2.75) is 50.9 Å². The summed E-state index contributed by atoms with van der Waals surface area (Å²) in [5.41, 5.74) is 1.97. The van der Waals surface area contributed by atoms with E-state index in [-0.39, 0.29) is 6.10 Å². The van der Waals surface area contributed by atoms with Crippen LogP contribution in [0.2, 0.25) is 5.02 Å². The van der Waals surface area contributed by atoms with E-state index in [1.54, 1.807) is 7.11 Å². The molecule has 0 spiro atoms. The van der Waals surface area contributed by atoms with Crippen molar-refractivity contribution < 1.29 is 14.3 Å². The molecule has 1 fully saturated rings. The molecule has 4 rings (SSSR count). The second-order valence-electron chi connectivity index (χ2n) is 7.73. The van der Waals surface area contributed by atoms with Crippen LogP contribution in [0.15, 0.2) is 52.9 Å². The summed E-state index contributed by atoms with van der Waals surface area (Å²) in [6.45, 7) is 1.29. The topological polar surface area (TPSA) is 71.6 Å². The standard InChI is InChI=1S/C23H26ClN3O3/c1-29-21-7-2-4-16(12-21)14-27(19-8-10-20(28)11-9-19)15-22-25-26-23(30-22)17-5-3-6-18(24)13-17/h2-7,12-13,19-20,28H,8-11,14-15H2,1H3. The monoisotopic (exact) mass is 427 g/mol. The lowest BCUT2D eigenvalue weighted by atomic mass is 9.91. The molecule has 6 nitrogen and oxygen atoms in total. The van der Waals surface area contributed by atoms with E-state index in [9.17, 15) is 5.11 Å². The normalized spacial score (nSPS) is 19.2. The molecule has 0 saturated heterocycles. The van der Waals surface area contributed by atoms with Crippen LogP contribution >= 0.6 is 11.6 Å². The van der Waals surface area contributed by atoms with Crippen LogP contribution in [0.1, 0.15) is 37.1 Å². The van der Waals surface area contributed by atoms with Crippen LogP contribution < -0.4 is 4.74 Å². The summed E-state index contributed by atoms with van der Waals surface area (Å²) in [6.07, 6.45) is 3.33. The molecule has 0 atom stereocenters. The van der Waals surface area contributed by atoms with Gasteiger partial charge in [0.1, 0.15) is 5.75 Å². The van der Waals surface area contributed by atoms with Gasteiger partial charge in [0, 0.05) is 23.2 Å². The third-order valence-electron chi connectivity index (χ3n) is 5.58. The van der Waals surface area contributed by atoms with E-state index in [4.69, 9.17) is 20.8 Å². The van der Waals surface area contributed by atoms with Crippen LogP contribution in [0, 0.1) is 0 Å². The second kappa shape index (κ2) is 9.60. The van der Waals surface area contributed by atoms with E-state index in [0.717, 1.165) is 49.1 Å². The third-order valence-corrected chi connectivity index (χ3v) is 5.81. The summed E-state index contributed by atoms with van der Waals surface area (Å²) in [7, 11) is 1.68. The molecule has 30 heavy (non-hydrogen) atoms. The number of rotatable bonds is 7. The fourth-order valence-electron chi connectivity index (χ4n) is 3.97. The van der Waals surface area contributed by atoms with Gasteiger partial charge in [-0.3, -0.25) is 4.90 Å². The van der Waals surface area contributed by atoms with Crippen LogP contribution in [0.5, 0.6) is 5.75 Å². The smallest absolute Gasteiger partial charge is 0.247 e.